The third-order valence-electron chi connectivity index (χ3n) is 6.02. The average molecular weight is 595 g/mol. The molecule has 0 radical (unpaired) electrons. The Kier molecular flexibility index (Phi) is 7.87. The molecule has 0 unspecified atom stereocenters. The highest BCUT2D eigenvalue weighted by Crippen LogP contribution is 2.42. The summed E-state index contributed by atoms with van der Waals surface area (Å²) in [7, 11) is -3.02. The lowest BCUT2D eigenvalue weighted by molar-refractivity contribution is -0.137. The van der Waals surface area contributed by atoms with Crippen LogP contribution in [0.2, 0.25) is 0 Å². The van der Waals surface area contributed by atoms with Crippen molar-refractivity contribution in [1.82, 2.24) is 0 Å². The first-order valence-corrected chi connectivity index (χ1v) is 13.1. The molecule has 0 atom stereocenters. The molecule has 0 heterocycles. The molecular weight excluding hydrogens is 574 g/mol. The Balaban J connectivity index is 1.92. The van der Waals surface area contributed by atoms with Crippen LogP contribution in [0.1, 0.15) is 21.5 Å². The van der Waals surface area contributed by atoms with Gasteiger partial charge in [0.05, 0.1) is 28.7 Å². The fraction of sp³-hybridized carbons (Fsp3) is 0.107. The number of carbonyl (C=O) groups is 1. The minimum Gasteiger partial charge on any atom is -0.496 e. The number of hydrogen-bond donors (Lipinski definition) is 2. The van der Waals surface area contributed by atoms with Gasteiger partial charge in [0.1, 0.15) is 5.75 Å². The van der Waals surface area contributed by atoms with Crippen molar-refractivity contribution in [3.05, 3.63) is 102 Å². The lowest BCUT2D eigenvalue weighted by atomic mass is 9.93. The Morgan fingerprint density at radius 2 is 1.24 bits per heavy atom. The summed E-state index contributed by atoms with van der Waals surface area (Å²) in [5, 5.41) is 7.58. The minimum absolute atomic E-state index is 0.0592. The van der Waals surface area contributed by atoms with E-state index in [1.165, 1.54) is 37.4 Å². The van der Waals surface area contributed by atoms with Crippen molar-refractivity contribution < 1.29 is 44.3 Å². The Labute approximate surface area is 230 Å². The van der Waals surface area contributed by atoms with Crippen molar-refractivity contribution in [3.63, 3.8) is 0 Å². The van der Waals surface area contributed by atoms with Gasteiger partial charge in [0.2, 0.25) is 10.0 Å². The number of hydrogen-bond acceptors (Lipinski definition) is 4. The molecule has 4 aromatic carbocycles. The van der Waals surface area contributed by atoms with Crippen LogP contribution in [0.4, 0.5) is 32.0 Å². The summed E-state index contributed by atoms with van der Waals surface area (Å²) in [6.07, 6.45) is -9.58. The predicted octanol–water partition coefficient (Wildman–Crippen LogP) is 6.97. The second-order valence-corrected chi connectivity index (χ2v) is 10.3. The second kappa shape index (κ2) is 10.9. The zero-order chi connectivity index (χ0) is 30.2. The van der Waals surface area contributed by atoms with Crippen LogP contribution < -0.4 is 15.2 Å². The Hall–Kier alpha value is -4.36. The molecule has 1 amide bonds. The van der Waals surface area contributed by atoms with Gasteiger partial charge in [-0.25, -0.2) is 13.6 Å². The Morgan fingerprint density at radius 1 is 0.756 bits per heavy atom. The van der Waals surface area contributed by atoms with Crippen LogP contribution in [0.25, 0.3) is 22.3 Å². The fourth-order valence-corrected chi connectivity index (χ4v) is 4.75. The molecule has 0 aromatic heterocycles. The predicted molar refractivity (Wildman–Crippen MR) is 140 cm³/mol. The molecule has 41 heavy (non-hydrogen) atoms. The molecule has 214 valence electrons. The quantitative estimate of drug-likeness (QED) is 0.236. The molecule has 0 aliphatic heterocycles. The van der Waals surface area contributed by atoms with E-state index in [2.05, 4.69) is 5.32 Å². The van der Waals surface area contributed by atoms with Crippen LogP contribution in [-0.4, -0.2) is 21.4 Å². The number of carbonyl (C=O) groups excluding carboxylic acids is 1. The van der Waals surface area contributed by atoms with Crippen molar-refractivity contribution in [1.29, 1.82) is 0 Å². The number of rotatable bonds is 6. The summed E-state index contributed by atoms with van der Waals surface area (Å²) in [4.78, 5) is 12.8. The standard InChI is InChI=1S/C28H20F6N2O4S/c1-40-25-11-10-19(41(35,38)39)15-22(25)26(37)36-18-13-16(20-6-2-4-8-23(20)27(29,30)31)12-17(14-18)21-7-3-5-9-24(21)28(32,33)34/h2-15H,1H3,(H,36,37)(H2,35,38,39). The molecule has 0 bridgehead atoms. The number of nitrogens with one attached hydrogen (secondary N) is 1. The van der Waals surface area contributed by atoms with Crippen molar-refractivity contribution >= 4 is 21.6 Å². The number of methoxy groups -OCH3 is 1. The van der Waals surface area contributed by atoms with E-state index in [1.807, 2.05) is 0 Å². The van der Waals surface area contributed by atoms with Crippen LogP contribution in [0.5, 0.6) is 5.75 Å². The molecule has 0 saturated heterocycles. The number of sulfonamides is 1. The van der Waals surface area contributed by atoms with Gasteiger partial charge in [0.25, 0.3) is 5.91 Å². The van der Waals surface area contributed by atoms with E-state index in [1.54, 1.807) is 0 Å². The number of anilines is 1. The van der Waals surface area contributed by atoms with E-state index in [0.717, 1.165) is 54.6 Å². The lowest BCUT2D eigenvalue weighted by Gasteiger charge is -2.18. The monoisotopic (exact) mass is 594 g/mol. The number of halogens is 6. The summed E-state index contributed by atoms with van der Waals surface area (Å²) >= 11 is 0. The molecule has 13 heteroatoms. The smallest absolute Gasteiger partial charge is 0.417 e. The molecule has 0 spiro atoms. The van der Waals surface area contributed by atoms with Gasteiger partial charge in [0, 0.05) is 5.69 Å². The normalized spacial score (nSPS) is 12.2. The molecule has 0 aliphatic rings. The van der Waals surface area contributed by atoms with E-state index < -0.39 is 44.3 Å². The fourth-order valence-electron chi connectivity index (χ4n) is 4.21. The number of nitrogens with two attached hydrogens (primary N) is 1. The van der Waals surface area contributed by atoms with Gasteiger partial charge in [0.15, 0.2) is 0 Å². The van der Waals surface area contributed by atoms with E-state index in [4.69, 9.17) is 9.88 Å². The van der Waals surface area contributed by atoms with Crippen molar-refractivity contribution in [2.45, 2.75) is 17.2 Å². The van der Waals surface area contributed by atoms with E-state index in [9.17, 15) is 39.6 Å². The first kappa shape index (κ1) is 29.6. The SMILES string of the molecule is COc1ccc(S(N)(=O)=O)cc1C(=O)Nc1cc(-c2ccccc2C(F)(F)F)cc(-c2ccccc2C(F)(F)F)c1. The Bertz CT molecular complexity index is 1660. The zero-order valence-corrected chi connectivity index (χ0v) is 21.8. The van der Waals surface area contributed by atoms with Gasteiger partial charge in [-0.2, -0.15) is 26.3 Å². The first-order chi connectivity index (χ1) is 19.1. The zero-order valence-electron chi connectivity index (χ0n) is 21.0. The molecule has 0 fully saturated rings. The second-order valence-electron chi connectivity index (χ2n) is 8.75. The largest absolute Gasteiger partial charge is 0.496 e. The number of amides is 1. The van der Waals surface area contributed by atoms with Crippen molar-refractivity contribution in [2.75, 3.05) is 12.4 Å². The Morgan fingerprint density at radius 3 is 1.68 bits per heavy atom. The van der Waals surface area contributed by atoms with Crippen LogP contribution in [0, 0.1) is 0 Å². The van der Waals surface area contributed by atoms with Gasteiger partial charge >= 0.3 is 12.4 Å². The summed E-state index contributed by atoms with van der Waals surface area (Å²) in [6.45, 7) is 0. The van der Waals surface area contributed by atoms with Crippen molar-refractivity contribution in [3.8, 4) is 28.0 Å². The van der Waals surface area contributed by atoms with Crippen LogP contribution in [-0.2, 0) is 22.4 Å². The van der Waals surface area contributed by atoms with E-state index in [-0.39, 0.29) is 39.3 Å². The summed E-state index contributed by atoms with van der Waals surface area (Å²) < 4.78 is 112. The van der Waals surface area contributed by atoms with Gasteiger partial charge in [-0.05, 0) is 70.8 Å². The molecule has 0 saturated carbocycles. The molecule has 4 aromatic rings. The maximum atomic E-state index is 13.8. The van der Waals surface area contributed by atoms with Crippen LogP contribution in [0.15, 0.2) is 89.8 Å². The first-order valence-electron chi connectivity index (χ1n) is 11.6. The summed E-state index contributed by atoms with van der Waals surface area (Å²) in [5.41, 5.74) is -3.48. The highest BCUT2D eigenvalue weighted by Gasteiger charge is 2.35. The molecular formula is C28H20F6N2O4S. The van der Waals surface area contributed by atoms with E-state index in [0.29, 0.717) is 0 Å². The summed E-state index contributed by atoms with van der Waals surface area (Å²) in [6, 6.07) is 15.7. The van der Waals surface area contributed by atoms with Gasteiger partial charge in [-0.1, -0.05) is 36.4 Å². The van der Waals surface area contributed by atoms with Crippen molar-refractivity contribution in [2.24, 2.45) is 5.14 Å². The third kappa shape index (κ3) is 6.52. The summed E-state index contributed by atoms with van der Waals surface area (Å²) in [5.74, 6) is -1.01. The van der Waals surface area contributed by atoms with Gasteiger partial charge < -0.3 is 10.1 Å². The number of benzene rings is 4. The molecule has 3 N–H and O–H groups in total. The minimum atomic E-state index is -4.79. The topological polar surface area (TPSA) is 98.5 Å². The number of ether oxygens (including phenoxy) is 1. The molecule has 6 nitrogen and oxygen atoms in total. The highest BCUT2D eigenvalue weighted by molar-refractivity contribution is 7.89. The van der Waals surface area contributed by atoms with Crippen LogP contribution in [0.3, 0.4) is 0 Å². The molecule has 0 aliphatic carbocycles. The maximum absolute atomic E-state index is 13.8. The lowest BCUT2D eigenvalue weighted by Crippen LogP contribution is -2.17. The maximum Gasteiger partial charge on any atom is 0.417 e. The average Bonchev–Trinajstić information content (AvgIpc) is 2.91. The van der Waals surface area contributed by atoms with Gasteiger partial charge in [-0.15, -0.1) is 0 Å². The number of alkyl halides is 6. The molecule has 4 rings (SSSR count). The van der Waals surface area contributed by atoms with Crippen LogP contribution >= 0.6 is 0 Å². The number of primary sulfonamides is 1. The highest BCUT2D eigenvalue weighted by atomic mass is 32.2. The van der Waals surface area contributed by atoms with E-state index >= 15 is 0 Å². The van der Waals surface area contributed by atoms with Gasteiger partial charge in [-0.3, -0.25) is 4.79 Å². The third-order valence-corrected chi connectivity index (χ3v) is 6.93.